The standard InChI is InChI=1S/C14H15N3OS2/c1-4-10-7(2)20-14-12(10)13(18)16-11(17-14)5-9-6-19-8(3)15-9/h6H,4-5H2,1-3H3,(H,16,17,18). The zero-order valence-electron chi connectivity index (χ0n) is 11.6. The number of rotatable bonds is 3. The van der Waals surface area contributed by atoms with Crippen LogP contribution in [0.2, 0.25) is 0 Å². The number of nitrogens with zero attached hydrogens (tertiary/aromatic N) is 2. The fourth-order valence-electron chi connectivity index (χ4n) is 2.39. The van der Waals surface area contributed by atoms with E-state index in [1.165, 1.54) is 4.88 Å². The fourth-order valence-corrected chi connectivity index (χ4v) is 4.14. The van der Waals surface area contributed by atoms with Crippen LogP contribution in [-0.2, 0) is 12.8 Å². The van der Waals surface area contributed by atoms with Crippen LogP contribution in [0, 0.1) is 13.8 Å². The lowest BCUT2D eigenvalue weighted by molar-refractivity contribution is 0.945. The highest BCUT2D eigenvalue weighted by Crippen LogP contribution is 2.27. The molecule has 0 aliphatic heterocycles. The van der Waals surface area contributed by atoms with Gasteiger partial charge in [0, 0.05) is 16.7 Å². The first-order chi connectivity index (χ1) is 9.58. The van der Waals surface area contributed by atoms with Gasteiger partial charge in [0.05, 0.1) is 16.1 Å². The summed E-state index contributed by atoms with van der Waals surface area (Å²) in [5.41, 5.74) is 2.05. The second-order valence-corrected chi connectivity index (χ2v) is 6.98. The Kier molecular flexibility index (Phi) is 3.43. The number of thiazole rings is 1. The fraction of sp³-hybridized carbons (Fsp3) is 0.357. The van der Waals surface area contributed by atoms with Gasteiger partial charge in [-0.15, -0.1) is 22.7 Å². The van der Waals surface area contributed by atoms with Crippen LogP contribution in [0.5, 0.6) is 0 Å². The van der Waals surface area contributed by atoms with Gasteiger partial charge in [-0.25, -0.2) is 9.97 Å². The van der Waals surface area contributed by atoms with Gasteiger partial charge in [0.25, 0.3) is 5.56 Å². The summed E-state index contributed by atoms with van der Waals surface area (Å²) in [6.07, 6.45) is 1.44. The molecule has 3 rings (SSSR count). The zero-order chi connectivity index (χ0) is 14.3. The van der Waals surface area contributed by atoms with Crippen molar-refractivity contribution < 1.29 is 0 Å². The van der Waals surface area contributed by atoms with Gasteiger partial charge in [0.15, 0.2) is 0 Å². The van der Waals surface area contributed by atoms with Crippen LogP contribution in [0.4, 0.5) is 0 Å². The molecular weight excluding hydrogens is 290 g/mol. The molecule has 0 atom stereocenters. The van der Waals surface area contributed by atoms with Crippen LogP contribution in [0.15, 0.2) is 10.2 Å². The Morgan fingerprint density at radius 2 is 2.10 bits per heavy atom. The summed E-state index contributed by atoms with van der Waals surface area (Å²) in [6, 6.07) is 0. The Labute approximate surface area is 124 Å². The molecule has 0 saturated heterocycles. The predicted octanol–water partition coefficient (Wildman–Crippen LogP) is 3.21. The van der Waals surface area contributed by atoms with Crippen molar-refractivity contribution >= 4 is 32.9 Å². The second-order valence-electron chi connectivity index (χ2n) is 4.72. The van der Waals surface area contributed by atoms with Gasteiger partial charge < -0.3 is 4.98 Å². The molecule has 3 heterocycles. The third kappa shape index (κ3) is 2.29. The lowest BCUT2D eigenvalue weighted by Crippen LogP contribution is -2.12. The van der Waals surface area contributed by atoms with Crippen LogP contribution < -0.4 is 5.56 Å². The van der Waals surface area contributed by atoms with E-state index in [-0.39, 0.29) is 5.56 Å². The minimum Gasteiger partial charge on any atom is -0.310 e. The van der Waals surface area contributed by atoms with Gasteiger partial charge in [-0.05, 0) is 25.8 Å². The van der Waals surface area contributed by atoms with E-state index in [1.807, 2.05) is 19.2 Å². The van der Waals surface area contributed by atoms with Crippen LogP contribution in [0.1, 0.15) is 33.9 Å². The smallest absolute Gasteiger partial charge is 0.259 e. The van der Waals surface area contributed by atoms with Gasteiger partial charge in [-0.3, -0.25) is 4.79 Å². The Morgan fingerprint density at radius 3 is 2.75 bits per heavy atom. The van der Waals surface area contributed by atoms with E-state index in [4.69, 9.17) is 0 Å². The molecule has 0 spiro atoms. The van der Waals surface area contributed by atoms with E-state index >= 15 is 0 Å². The monoisotopic (exact) mass is 305 g/mol. The molecule has 0 fully saturated rings. The van der Waals surface area contributed by atoms with Crippen molar-refractivity contribution in [2.45, 2.75) is 33.6 Å². The maximum absolute atomic E-state index is 12.3. The van der Waals surface area contributed by atoms with Crippen LogP contribution in [0.25, 0.3) is 10.2 Å². The number of H-pyrrole nitrogens is 1. The highest BCUT2D eigenvalue weighted by molar-refractivity contribution is 7.18. The SMILES string of the molecule is CCc1c(C)sc2nc(Cc3csc(C)n3)[nH]c(=O)c12. The van der Waals surface area contributed by atoms with Crippen molar-refractivity contribution in [1.29, 1.82) is 0 Å². The molecule has 0 aliphatic rings. The number of aryl methyl sites for hydroxylation is 3. The van der Waals surface area contributed by atoms with Gasteiger partial charge in [0.2, 0.25) is 0 Å². The summed E-state index contributed by atoms with van der Waals surface area (Å²) in [5, 5.41) is 3.80. The van der Waals surface area contributed by atoms with Crippen molar-refractivity contribution in [2.24, 2.45) is 0 Å². The molecule has 0 saturated carbocycles. The lowest BCUT2D eigenvalue weighted by atomic mass is 10.1. The van der Waals surface area contributed by atoms with E-state index in [0.717, 1.165) is 32.9 Å². The van der Waals surface area contributed by atoms with E-state index in [0.29, 0.717) is 12.2 Å². The minimum atomic E-state index is -0.0295. The minimum absolute atomic E-state index is 0.0295. The predicted molar refractivity (Wildman–Crippen MR) is 84.0 cm³/mol. The lowest BCUT2D eigenvalue weighted by Gasteiger charge is -1.99. The van der Waals surface area contributed by atoms with Crippen molar-refractivity contribution in [3.63, 3.8) is 0 Å². The largest absolute Gasteiger partial charge is 0.310 e. The molecular formula is C14H15N3OS2. The summed E-state index contributed by atoms with van der Waals surface area (Å²) < 4.78 is 0. The molecule has 20 heavy (non-hydrogen) atoms. The molecule has 0 radical (unpaired) electrons. The molecule has 0 aliphatic carbocycles. The number of hydrogen-bond acceptors (Lipinski definition) is 5. The molecule has 0 amide bonds. The van der Waals surface area contributed by atoms with Crippen molar-refractivity contribution in [3.05, 3.63) is 42.7 Å². The molecule has 6 heteroatoms. The molecule has 104 valence electrons. The number of thiophene rings is 1. The van der Waals surface area contributed by atoms with Crippen molar-refractivity contribution in [3.8, 4) is 0 Å². The third-order valence-electron chi connectivity index (χ3n) is 3.28. The quantitative estimate of drug-likeness (QED) is 0.808. The summed E-state index contributed by atoms with van der Waals surface area (Å²) in [7, 11) is 0. The van der Waals surface area contributed by atoms with Gasteiger partial charge >= 0.3 is 0 Å². The topological polar surface area (TPSA) is 58.6 Å². The second kappa shape index (κ2) is 5.10. The molecule has 3 aromatic rings. The first-order valence-electron chi connectivity index (χ1n) is 6.50. The molecule has 4 nitrogen and oxygen atoms in total. The van der Waals surface area contributed by atoms with E-state index in [9.17, 15) is 4.79 Å². The third-order valence-corrected chi connectivity index (χ3v) is 5.14. The Morgan fingerprint density at radius 1 is 1.30 bits per heavy atom. The molecule has 0 unspecified atom stereocenters. The van der Waals surface area contributed by atoms with Crippen molar-refractivity contribution in [2.75, 3.05) is 0 Å². The normalized spacial score (nSPS) is 11.3. The summed E-state index contributed by atoms with van der Waals surface area (Å²) in [6.45, 7) is 6.09. The first kappa shape index (κ1) is 13.5. The van der Waals surface area contributed by atoms with E-state index in [1.54, 1.807) is 22.7 Å². The van der Waals surface area contributed by atoms with Gasteiger partial charge in [0.1, 0.15) is 10.7 Å². The Bertz CT molecular complexity index is 829. The van der Waals surface area contributed by atoms with Gasteiger partial charge in [-0.2, -0.15) is 0 Å². The van der Waals surface area contributed by atoms with Crippen molar-refractivity contribution in [1.82, 2.24) is 15.0 Å². The van der Waals surface area contributed by atoms with Crippen LogP contribution >= 0.6 is 22.7 Å². The highest BCUT2D eigenvalue weighted by atomic mass is 32.1. The zero-order valence-corrected chi connectivity index (χ0v) is 13.2. The maximum atomic E-state index is 12.3. The molecule has 1 N–H and O–H groups in total. The number of aromatic amines is 1. The number of aromatic nitrogens is 3. The summed E-state index contributed by atoms with van der Waals surface area (Å²) in [5.74, 6) is 0.691. The molecule has 0 bridgehead atoms. The van der Waals surface area contributed by atoms with E-state index < -0.39 is 0 Å². The van der Waals surface area contributed by atoms with E-state index in [2.05, 4.69) is 21.9 Å². The van der Waals surface area contributed by atoms with Crippen LogP contribution in [-0.4, -0.2) is 15.0 Å². The Hall–Kier alpha value is -1.53. The average molecular weight is 305 g/mol. The number of hydrogen-bond donors (Lipinski definition) is 1. The first-order valence-corrected chi connectivity index (χ1v) is 8.20. The summed E-state index contributed by atoms with van der Waals surface area (Å²) >= 11 is 3.21. The van der Waals surface area contributed by atoms with Crippen LogP contribution in [0.3, 0.4) is 0 Å². The summed E-state index contributed by atoms with van der Waals surface area (Å²) in [4.78, 5) is 26.2. The average Bonchev–Trinajstić information content (AvgIpc) is 2.92. The number of nitrogens with one attached hydrogen (secondary N) is 1. The van der Waals surface area contributed by atoms with Gasteiger partial charge in [-0.1, -0.05) is 6.92 Å². The number of fused-ring (bicyclic) bond motifs is 1. The highest BCUT2D eigenvalue weighted by Gasteiger charge is 2.14. The molecule has 0 aromatic carbocycles. The Balaban J connectivity index is 2.08. The maximum Gasteiger partial charge on any atom is 0.259 e. The molecule has 3 aromatic heterocycles.